The van der Waals surface area contributed by atoms with E-state index in [4.69, 9.17) is 14.6 Å². The van der Waals surface area contributed by atoms with Crippen LogP contribution in [0.15, 0.2) is 47.6 Å². The molecule has 0 unspecified atom stereocenters. The number of nitrogens with zero attached hydrogens (tertiary/aromatic N) is 1. The van der Waals surface area contributed by atoms with Crippen molar-refractivity contribution in [2.45, 2.75) is 6.92 Å². The summed E-state index contributed by atoms with van der Waals surface area (Å²) >= 11 is 0. The third-order valence-electron chi connectivity index (χ3n) is 3.27. The monoisotopic (exact) mass is 298 g/mol. The molecule has 0 amide bonds. The first-order chi connectivity index (χ1) is 10.6. The first-order valence-corrected chi connectivity index (χ1v) is 6.67. The van der Waals surface area contributed by atoms with E-state index in [1.165, 1.54) is 12.1 Å². The first kappa shape index (κ1) is 13.9. The second-order valence-corrected chi connectivity index (χ2v) is 4.76. The molecule has 0 bridgehead atoms. The van der Waals surface area contributed by atoms with E-state index in [2.05, 4.69) is 10.5 Å². The summed E-state index contributed by atoms with van der Waals surface area (Å²) in [4.78, 5) is 10.8. The fraction of sp³-hybridized carbons (Fsp3) is 0.125. The Morgan fingerprint density at radius 2 is 1.77 bits per heavy atom. The molecule has 1 aliphatic heterocycles. The van der Waals surface area contributed by atoms with Gasteiger partial charge in [-0.2, -0.15) is 5.10 Å². The van der Waals surface area contributed by atoms with Crippen LogP contribution in [0.2, 0.25) is 0 Å². The summed E-state index contributed by atoms with van der Waals surface area (Å²) in [6, 6.07) is 12.0. The molecule has 0 atom stereocenters. The summed E-state index contributed by atoms with van der Waals surface area (Å²) in [6.45, 7) is 2.11. The van der Waals surface area contributed by atoms with Crippen LogP contribution in [-0.4, -0.2) is 23.6 Å². The van der Waals surface area contributed by atoms with Crippen LogP contribution in [0.25, 0.3) is 0 Å². The van der Waals surface area contributed by atoms with Crippen molar-refractivity contribution in [3.8, 4) is 11.5 Å². The lowest BCUT2D eigenvalue weighted by Crippen LogP contribution is -2.00. The molecule has 6 heteroatoms. The van der Waals surface area contributed by atoms with Crippen LogP contribution in [0.1, 0.15) is 22.8 Å². The molecule has 2 aromatic rings. The average molecular weight is 298 g/mol. The molecule has 1 heterocycles. The molecule has 22 heavy (non-hydrogen) atoms. The van der Waals surface area contributed by atoms with Crippen molar-refractivity contribution in [1.29, 1.82) is 0 Å². The lowest BCUT2D eigenvalue weighted by atomic mass is 10.1. The van der Waals surface area contributed by atoms with Crippen LogP contribution < -0.4 is 14.9 Å². The number of hydrazone groups is 1. The van der Waals surface area contributed by atoms with E-state index in [1.54, 1.807) is 12.1 Å². The van der Waals surface area contributed by atoms with Gasteiger partial charge in [0, 0.05) is 5.56 Å². The fourth-order valence-electron chi connectivity index (χ4n) is 2.02. The third-order valence-corrected chi connectivity index (χ3v) is 3.27. The van der Waals surface area contributed by atoms with Gasteiger partial charge in [-0.1, -0.05) is 0 Å². The molecule has 0 saturated carbocycles. The van der Waals surface area contributed by atoms with Crippen LogP contribution in [0, 0.1) is 0 Å². The molecule has 3 rings (SSSR count). The van der Waals surface area contributed by atoms with Crippen LogP contribution >= 0.6 is 0 Å². The van der Waals surface area contributed by atoms with Crippen molar-refractivity contribution in [1.82, 2.24) is 0 Å². The predicted octanol–water partition coefficient (Wildman–Crippen LogP) is 2.95. The molecular weight excluding hydrogens is 284 g/mol. The molecule has 0 aliphatic carbocycles. The SMILES string of the molecule is C/C(=N/Nc1ccc(C(=O)O)cc1)c1ccc2c(c1)OCO2. The van der Waals surface area contributed by atoms with Crippen molar-refractivity contribution in [3.63, 3.8) is 0 Å². The predicted molar refractivity (Wildman–Crippen MR) is 81.8 cm³/mol. The number of rotatable bonds is 4. The number of hydrogen-bond acceptors (Lipinski definition) is 5. The van der Waals surface area contributed by atoms with Crippen molar-refractivity contribution >= 4 is 17.4 Å². The molecule has 0 saturated heterocycles. The molecule has 0 fully saturated rings. The maximum Gasteiger partial charge on any atom is 0.335 e. The molecule has 0 aromatic heterocycles. The summed E-state index contributed by atoms with van der Waals surface area (Å²) in [5, 5.41) is 13.1. The van der Waals surface area contributed by atoms with Gasteiger partial charge >= 0.3 is 5.97 Å². The first-order valence-electron chi connectivity index (χ1n) is 6.67. The molecule has 2 aromatic carbocycles. The van der Waals surface area contributed by atoms with Gasteiger partial charge in [0.25, 0.3) is 0 Å². The summed E-state index contributed by atoms with van der Waals surface area (Å²) < 4.78 is 10.6. The molecule has 0 radical (unpaired) electrons. The van der Waals surface area contributed by atoms with Gasteiger partial charge in [0.1, 0.15) is 0 Å². The second kappa shape index (κ2) is 5.77. The topological polar surface area (TPSA) is 80.2 Å². The Kier molecular flexibility index (Phi) is 3.65. The number of carboxylic acids is 1. The average Bonchev–Trinajstić information content (AvgIpc) is 3.00. The van der Waals surface area contributed by atoms with Gasteiger partial charge in [-0.05, 0) is 49.4 Å². The number of fused-ring (bicyclic) bond motifs is 1. The van der Waals surface area contributed by atoms with E-state index in [0.29, 0.717) is 11.4 Å². The zero-order valence-corrected chi connectivity index (χ0v) is 11.9. The Bertz CT molecular complexity index is 738. The number of hydrogen-bond donors (Lipinski definition) is 2. The summed E-state index contributed by atoms with van der Waals surface area (Å²) in [5.74, 6) is 0.484. The largest absolute Gasteiger partial charge is 0.478 e. The number of benzene rings is 2. The van der Waals surface area contributed by atoms with E-state index in [-0.39, 0.29) is 12.4 Å². The van der Waals surface area contributed by atoms with E-state index in [1.807, 2.05) is 25.1 Å². The second-order valence-electron chi connectivity index (χ2n) is 4.76. The molecule has 2 N–H and O–H groups in total. The Balaban J connectivity index is 1.73. The smallest absolute Gasteiger partial charge is 0.335 e. The van der Waals surface area contributed by atoms with Crippen LogP contribution in [0.5, 0.6) is 11.5 Å². The van der Waals surface area contributed by atoms with E-state index in [9.17, 15) is 4.79 Å². The van der Waals surface area contributed by atoms with Gasteiger partial charge in [0.2, 0.25) is 6.79 Å². The van der Waals surface area contributed by atoms with Crippen LogP contribution in [-0.2, 0) is 0 Å². The van der Waals surface area contributed by atoms with Gasteiger partial charge in [-0.3, -0.25) is 5.43 Å². The van der Waals surface area contributed by atoms with Crippen molar-refractivity contribution < 1.29 is 19.4 Å². The highest BCUT2D eigenvalue weighted by molar-refractivity contribution is 5.99. The van der Waals surface area contributed by atoms with Crippen molar-refractivity contribution in [2.24, 2.45) is 5.10 Å². The van der Waals surface area contributed by atoms with Gasteiger partial charge < -0.3 is 14.6 Å². The summed E-state index contributed by atoms with van der Waals surface area (Å²) in [7, 11) is 0. The minimum Gasteiger partial charge on any atom is -0.478 e. The van der Waals surface area contributed by atoms with Gasteiger partial charge in [-0.25, -0.2) is 4.79 Å². The maximum absolute atomic E-state index is 10.8. The summed E-state index contributed by atoms with van der Waals surface area (Å²) in [5.41, 5.74) is 5.54. The normalized spacial score (nSPS) is 13.0. The van der Waals surface area contributed by atoms with Gasteiger partial charge in [-0.15, -0.1) is 0 Å². The Morgan fingerprint density at radius 3 is 2.50 bits per heavy atom. The van der Waals surface area contributed by atoms with Gasteiger partial charge in [0.15, 0.2) is 11.5 Å². The molecular formula is C16H14N2O4. The number of anilines is 1. The van der Waals surface area contributed by atoms with Crippen LogP contribution in [0.3, 0.4) is 0 Å². The quantitative estimate of drug-likeness (QED) is 0.670. The lowest BCUT2D eigenvalue weighted by molar-refractivity contribution is 0.0697. The number of aromatic carboxylic acids is 1. The standard InChI is InChI=1S/C16H14N2O4/c1-10(12-4-7-14-15(8-12)22-9-21-14)17-18-13-5-2-11(3-6-13)16(19)20/h2-8,18H,9H2,1H3,(H,19,20)/b17-10-. The summed E-state index contributed by atoms with van der Waals surface area (Å²) in [6.07, 6.45) is 0. The van der Waals surface area contributed by atoms with Gasteiger partial charge in [0.05, 0.1) is 17.0 Å². The molecule has 0 spiro atoms. The van der Waals surface area contributed by atoms with E-state index >= 15 is 0 Å². The highest BCUT2D eigenvalue weighted by Crippen LogP contribution is 2.32. The Morgan fingerprint density at radius 1 is 1.09 bits per heavy atom. The Labute approximate surface area is 127 Å². The van der Waals surface area contributed by atoms with Crippen molar-refractivity contribution in [2.75, 3.05) is 12.2 Å². The minimum atomic E-state index is -0.952. The highest BCUT2D eigenvalue weighted by Gasteiger charge is 2.13. The third kappa shape index (κ3) is 2.85. The zero-order valence-electron chi connectivity index (χ0n) is 11.9. The van der Waals surface area contributed by atoms with E-state index < -0.39 is 5.97 Å². The zero-order chi connectivity index (χ0) is 15.5. The molecule has 1 aliphatic rings. The molecule has 112 valence electrons. The van der Waals surface area contributed by atoms with Crippen LogP contribution in [0.4, 0.5) is 5.69 Å². The number of nitrogens with one attached hydrogen (secondary N) is 1. The number of ether oxygens (including phenoxy) is 2. The lowest BCUT2D eigenvalue weighted by Gasteiger charge is -2.05. The minimum absolute atomic E-state index is 0.238. The maximum atomic E-state index is 10.8. The fourth-order valence-corrected chi connectivity index (χ4v) is 2.02. The number of carbonyl (C=O) groups is 1. The number of carboxylic acid groups (broad SMARTS) is 1. The van der Waals surface area contributed by atoms with Crippen molar-refractivity contribution in [3.05, 3.63) is 53.6 Å². The Hall–Kier alpha value is -3.02. The van der Waals surface area contributed by atoms with E-state index in [0.717, 1.165) is 17.0 Å². The molecule has 6 nitrogen and oxygen atoms in total. The highest BCUT2D eigenvalue weighted by atomic mass is 16.7.